The van der Waals surface area contributed by atoms with E-state index in [0.29, 0.717) is 11.6 Å². The predicted octanol–water partition coefficient (Wildman–Crippen LogP) is 0.444. The van der Waals surface area contributed by atoms with Gasteiger partial charge in [0, 0.05) is 25.0 Å². The molecule has 2 aromatic rings. The van der Waals surface area contributed by atoms with Gasteiger partial charge in [0.1, 0.15) is 0 Å². The molecule has 18 heavy (non-hydrogen) atoms. The molecule has 0 aliphatic rings. The summed E-state index contributed by atoms with van der Waals surface area (Å²) in [5.41, 5.74) is 3.24. The molecule has 0 aromatic carbocycles. The molecule has 5 N–H and O–H groups in total. The van der Waals surface area contributed by atoms with Crippen LogP contribution in [0.3, 0.4) is 0 Å². The first-order chi connectivity index (χ1) is 8.65. The normalized spacial score (nSPS) is 14.4. The smallest absolute Gasteiger partial charge is 0.180 e. The second-order valence-corrected chi connectivity index (χ2v) is 4.37. The summed E-state index contributed by atoms with van der Waals surface area (Å²) in [6.45, 7) is 4.07. The lowest BCUT2D eigenvalue weighted by atomic mass is 10.1. The van der Waals surface area contributed by atoms with E-state index < -0.39 is 0 Å². The molecule has 0 bridgehead atoms. The van der Waals surface area contributed by atoms with Crippen molar-refractivity contribution in [2.75, 3.05) is 17.3 Å². The lowest BCUT2D eigenvalue weighted by Crippen LogP contribution is -2.27. The Balaban J connectivity index is 2.33. The van der Waals surface area contributed by atoms with Crippen molar-refractivity contribution in [3.05, 3.63) is 18.6 Å². The van der Waals surface area contributed by atoms with Gasteiger partial charge in [-0.25, -0.2) is 15.8 Å². The van der Waals surface area contributed by atoms with Gasteiger partial charge in [0.2, 0.25) is 0 Å². The SMILES string of the molecule is CC(CO)C(C)Nc1nc(NN)cn2ccnc12. The van der Waals surface area contributed by atoms with E-state index in [4.69, 9.17) is 10.9 Å². The van der Waals surface area contributed by atoms with E-state index in [1.54, 1.807) is 12.4 Å². The Bertz CT molecular complexity index is 525. The maximum absolute atomic E-state index is 9.14. The number of hydrogen-bond acceptors (Lipinski definition) is 6. The lowest BCUT2D eigenvalue weighted by Gasteiger charge is -2.20. The zero-order chi connectivity index (χ0) is 13.1. The van der Waals surface area contributed by atoms with Crippen molar-refractivity contribution < 1.29 is 5.11 Å². The average Bonchev–Trinajstić information content (AvgIpc) is 2.85. The van der Waals surface area contributed by atoms with Crippen LogP contribution < -0.4 is 16.6 Å². The van der Waals surface area contributed by atoms with Crippen molar-refractivity contribution >= 4 is 17.3 Å². The third-order valence-electron chi connectivity index (χ3n) is 3.03. The fraction of sp³-hybridized carbons (Fsp3) is 0.455. The second kappa shape index (κ2) is 5.19. The third-order valence-corrected chi connectivity index (χ3v) is 3.03. The summed E-state index contributed by atoms with van der Waals surface area (Å²) < 4.78 is 1.83. The first kappa shape index (κ1) is 12.6. The molecule has 2 atom stereocenters. The molecule has 2 unspecified atom stereocenters. The van der Waals surface area contributed by atoms with Gasteiger partial charge in [-0.2, -0.15) is 0 Å². The minimum Gasteiger partial charge on any atom is -0.396 e. The highest BCUT2D eigenvalue weighted by Crippen LogP contribution is 2.18. The number of aliphatic hydroxyl groups excluding tert-OH is 1. The highest BCUT2D eigenvalue weighted by molar-refractivity contribution is 5.65. The number of imidazole rings is 1. The molecule has 0 aliphatic heterocycles. The minimum atomic E-state index is 0.0797. The summed E-state index contributed by atoms with van der Waals surface area (Å²) in [4.78, 5) is 8.58. The van der Waals surface area contributed by atoms with Gasteiger partial charge in [0.05, 0.1) is 6.20 Å². The molecule has 7 heteroatoms. The first-order valence-electron chi connectivity index (χ1n) is 5.83. The number of hydrazine groups is 1. The van der Waals surface area contributed by atoms with Gasteiger partial charge in [-0.3, -0.25) is 0 Å². The van der Waals surface area contributed by atoms with Gasteiger partial charge in [-0.15, -0.1) is 0 Å². The van der Waals surface area contributed by atoms with Crippen LogP contribution in [0.5, 0.6) is 0 Å². The Morgan fingerprint density at radius 2 is 2.28 bits per heavy atom. The molecular weight excluding hydrogens is 232 g/mol. The summed E-state index contributed by atoms with van der Waals surface area (Å²) in [5.74, 6) is 6.69. The van der Waals surface area contributed by atoms with E-state index in [9.17, 15) is 0 Å². The number of nitrogens with zero attached hydrogens (tertiary/aromatic N) is 3. The fourth-order valence-electron chi connectivity index (χ4n) is 1.61. The predicted molar refractivity (Wildman–Crippen MR) is 70.1 cm³/mol. The molecule has 2 aromatic heterocycles. The van der Waals surface area contributed by atoms with Crippen LogP contribution in [0.4, 0.5) is 11.6 Å². The Labute approximate surface area is 105 Å². The Morgan fingerprint density at radius 3 is 2.94 bits per heavy atom. The van der Waals surface area contributed by atoms with Gasteiger partial charge in [-0.1, -0.05) is 6.92 Å². The minimum absolute atomic E-state index is 0.0797. The van der Waals surface area contributed by atoms with Gasteiger partial charge < -0.3 is 20.2 Å². The van der Waals surface area contributed by atoms with E-state index >= 15 is 0 Å². The van der Waals surface area contributed by atoms with Crippen LogP contribution in [0.1, 0.15) is 13.8 Å². The summed E-state index contributed by atoms with van der Waals surface area (Å²) in [6, 6.07) is 0.0797. The fourth-order valence-corrected chi connectivity index (χ4v) is 1.61. The maximum atomic E-state index is 9.14. The van der Waals surface area contributed by atoms with Gasteiger partial charge in [0.25, 0.3) is 0 Å². The average molecular weight is 250 g/mol. The molecule has 0 amide bonds. The van der Waals surface area contributed by atoms with Crippen molar-refractivity contribution in [2.45, 2.75) is 19.9 Å². The molecule has 7 nitrogen and oxygen atoms in total. The van der Waals surface area contributed by atoms with Gasteiger partial charge in [0.15, 0.2) is 17.3 Å². The van der Waals surface area contributed by atoms with Crippen molar-refractivity contribution in [1.82, 2.24) is 14.4 Å². The molecule has 98 valence electrons. The largest absolute Gasteiger partial charge is 0.396 e. The number of nitrogens with one attached hydrogen (secondary N) is 2. The third kappa shape index (κ3) is 2.36. The zero-order valence-corrected chi connectivity index (χ0v) is 10.5. The number of aromatic nitrogens is 3. The van der Waals surface area contributed by atoms with Crippen LogP contribution in [0.25, 0.3) is 5.65 Å². The van der Waals surface area contributed by atoms with Crippen molar-refractivity contribution in [3.63, 3.8) is 0 Å². The van der Waals surface area contributed by atoms with Crippen LogP contribution in [0.15, 0.2) is 18.6 Å². The number of hydrogen-bond donors (Lipinski definition) is 4. The summed E-state index contributed by atoms with van der Waals surface area (Å²) in [5, 5.41) is 12.4. The highest BCUT2D eigenvalue weighted by atomic mass is 16.3. The number of rotatable bonds is 5. The van der Waals surface area contributed by atoms with Crippen LogP contribution in [-0.4, -0.2) is 32.1 Å². The number of nitrogens with two attached hydrogens (primary N) is 1. The number of aliphatic hydroxyl groups is 1. The van der Waals surface area contributed by atoms with Gasteiger partial charge >= 0.3 is 0 Å². The standard InChI is InChI=1S/C11H18N6O/c1-7(6-18)8(2)14-10-11-13-3-4-17(11)5-9(15-10)16-12/h3-5,7-8,16,18H,6,12H2,1-2H3,(H,14,15). The van der Waals surface area contributed by atoms with E-state index in [0.717, 1.165) is 5.65 Å². The number of fused-ring (bicyclic) bond motifs is 1. The van der Waals surface area contributed by atoms with E-state index in [1.165, 1.54) is 0 Å². The molecule has 0 fully saturated rings. The number of anilines is 2. The zero-order valence-electron chi connectivity index (χ0n) is 10.5. The molecular formula is C11H18N6O. The summed E-state index contributed by atoms with van der Waals surface area (Å²) in [7, 11) is 0. The van der Waals surface area contributed by atoms with Crippen molar-refractivity contribution in [1.29, 1.82) is 0 Å². The second-order valence-electron chi connectivity index (χ2n) is 4.37. The molecule has 2 heterocycles. The van der Waals surface area contributed by atoms with Crippen LogP contribution >= 0.6 is 0 Å². The maximum Gasteiger partial charge on any atom is 0.180 e. The number of nitrogen functional groups attached to an aromatic ring is 1. The Kier molecular flexibility index (Phi) is 3.63. The Hall–Kier alpha value is -1.86. The molecule has 0 saturated carbocycles. The lowest BCUT2D eigenvalue weighted by molar-refractivity contribution is 0.226. The van der Waals surface area contributed by atoms with E-state index in [-0.39, 0.29) is 18.6 Å². The highest BCUT2D eigenvalue weighted by Gasteiger charge is 2.14. The summed E-state index contributed by atoms with van der Waals surface area (Å²) in [6.07, 6.45) is 5.28. The molecule has 0 radical (unpaired) electrons. The topological polar surface area (TPSA) is 100 Å². The van der Waals surface area contributed by atoms with E-state index in [1.807, 2.05) is 24.4 Å². The summed E-state index contributed by atoms with van der Waals surface area (Å²) >= 11 is 0. The molecule has 2 rings (SSSR count). The van der Waals surface area contributed by atoms with E-state index in [2.05, 4.69) is 20.7 Å². The van der Waals surface area contributed by atoms with Gasteiger partial charge in [-0.05, 0) is 12.8 Å². The molecule has 0 aliphatic carbocycles. The van der Waals surface area contributed by atoms with Crippen LogP contribution in [0, 0.1) is 5.92 Å². The monoisotopic (exact) mass is 250 g/mol. The van der Waals surface area contributed by atoms with Crippen molar-refractivity contribution in [2.24, 2.45) is 11.8 Å². The molecule has 0 spiro atoms. The quantitative estimate of drug-likeness (QED) is 0.454. The van der Waals surface area contributed by atoms with Crippen LogP contribution in [-0.2, 0) is 0 Å². The Morgan fingerprint density at radius 1 is 1.50 bits per heavy atom. The van der Waals surface area contributed by atoms with Crippen LogP contribution in [0.2, 0.25) is 0 Å². The van der Waals surface area contributed by atoms with Crippen molar-refractivity contribution in [3.8, 4) is 0 Å². The first-order valence-corrected chi connectivity index (χ1v) is 5.83. The molecule has 0 saturated heterocycles.